The second kappa shape index (κ2) is 6.62. The highest BCUT2D eigenvalue weighted by Gasteiger charge is 2.13. The molecule has 0 radical (unpaired) electrons. The van der Waals surface area contributed by atoms with E-state index in [4.69, 9.17) is 11.6 Å². The number of carbonyl (C=O) groups is 1. The number of nitrogens with one attached hydrogen (secondary N) is 2. The molecular formula is C13H19ClN2O. The predicted octanol–water partition coefficient (Wildman–Crippen LogP) is 2.83. The number of hydrogen-bond donors (Lipinski definition) is 2. The van der Waals surface area contributed by atoms with Crippen molar-refractivity contribution in [2.24, 2.45) is 5.92 Å². The van der Waals surface area contributed by atoms with E-state index in [1.807, 2.05) is 39.0 Å². The van der Waals surface area contributed by atoms with E-state index >= 15 is 0 Å². The molecule has 1 aromatic rings. The van der Waals surface area contributed by atoms with E-state index in [9.17, 15) is 4.79 Å². The summed E-state index contributed by atoms with van der Waals surface area (Å²) in [5, 5.41) is 6.72. The molecule has 0 fully saturated rings. The minimum absolute atomic E-state index is 0.0105. The first-order valence-electron chi connectivity index (χ1n) is 5.83. The van der Waals surface area contributed by atoms with Gasteiger partial charge in [0.1, 0.15) is 0 Å². The molecule has 0 spiro atoms. The third-order valence-corrected chi connectivity index (χ3v) is 3.08. The first-order valence-corrected chi connectivity index (χ1v) is 6.20. The molecule has 4 heteroatoms. The Morgan fingerprint density at radius 2 is 2.18 bits per heavy atom. The second-order valence-corrected chi connectivity index (χ2v) is 4.52. The average molecular weight is 255 g/mol. The topological polar surface area (TPSA) is 41.1 Å². The Balaban J connectivity index is 2.64. The summed E-state index contributed by atoms with van der Waals surface area (Å²) in [6.07, 6.45) is 0. The van der Waals surface area contributed by atoms with Gasteiger partial charge in [-0.1, -0.05) is 31.5 Å². The lowest BCUT2D eigenvalue weighted by atomic mass is 10.1. The van der Waals surface area contributed by atoms with E-state index < -0.39 is 0 Å². The molecule has 0 saturated carbocycles. The van der Waals surface area contributed by atoms with Crippen LogP contribution in [0, 0.1) is 12.8 Å². The van der Waals surface area contributed by atoms with Gasteiger partial charge in [0.25, 0.3) is 0 Å². The fourth-order valence-corrected chi connectivity index (χ4v) is 1.63. The molecule has 0 aliphatic carbocycles. The third-order valence-electron chi connectivity index (χ3n) is 2.67. The maximum absolute atomic E-state index is 11.9. The highest BCUT2D eigenvalue weighted by atomic mass is 35.5. The number of rotatable bonds is 5. The van der Waals surface area contributed by atoms with Crippen LogP contribution in [0.25, 0.3) is 0 Å². The van der Waals surface area contributed by atoms with Gasteiger partial charge in [0.2, 0.25) is 5.91 Å². The molecule has 0 saturated heterocycles. The molecule has 2 N–H and O–H groups in total. The van der Waals surface area contributed by atoms with E-state index in [1.54, 1.807) is 0 Å². The van der Waals surface area contributed by atoms with E-state index in [0.717, 1.165) is 17.8 Å². The van der Waals surface area contributed by atoms with Crippen LogP contribution in [-0.2, 0) is 4.79 Å². The lowest BCUT2D eigenvalue weighted by Gasteiger charge is -2.14. The monoisotopic (exact) mass is 254 g/mol. The van der Waals surface area contributed by atoms with Crippen molar-refractivity contribution in [2.75, 3.05) is 18.4 Å². The third kappa shape index (κ3) is 4.02. The van der Waals surface area contributed by atoms with Crippen molar-refractivity contribution in [3.8, 4) is 0 Å². The zero-order valence-corrected chi connectivity index (χ0v) is 11.3. The summed E-state index contributed by atoms with van der Waals surface area (Å²) < 4.78 is 0. The number of amides is 1. The Morgan fingerprint density at radius 3 is 2.82 bits per heavy atom. The van der Waals surface area contributed by atoms with E-state index in [2.05, 4.69) is 10.6 Å². The van der Waals surface area contributed by atoms with Crippen LogP contribution in [0.3, 0.4) is 0 Å². The van der Waals surface area contributed by atoms with Crippen LogP contribution >= 0.6 is 11.6 Å². The van der Waals surface area contributed by atoms with Crippen LogP contribution in [0.4, 0.5) is 5.69 Å². The molecule has 0 heterocycles. The molecule has 3 nitrogen and oxygen atoms in total. The number of halogens is 1. The number of carbonyl (C=O) groups excluding carboxylic acids is 1. The van der Waals surface area contributed by atoms with Crippen LogP contribution in [-0.4, -0.2) is 19.0 Å². The highest BCUT2D eigenvalue weighted by molar-refractivity contribution is 6.31. The normalized spacial score (nSPS) is 12.2. The molecule has 1 unspecified atom stereocenters. The zero-order valence-electron chi connectivity index (χ0n) is 10.5. The standard InChI is InChI=1S/C13H19ClN2O/c1-4-15-8-9(2)13(17)16-12-7-5-6-11(14)10(12)3/h5-7,9,15H,4,8H2,1-3H3,(H,16,17). The highest BCUT2D eigenvalue weighted by Crippen LogP contribution is 2.23. The average Bonchev–Trinajstić information content (AvgIpc) is 2.31. The molecular weight excluding hydrogens is 236 g/mol. The fraction of sp³-hybridized carbons (Fsp3) is 0.462. The SMILES string of the molecule is CCNCC(C)C(=O)Nc1cccc(Cl)c1C. The Hall–Kier alpha value is -1.06. The maximum Gasteiger partial charge on any atom is 0.228 e. The molecule has 0 aliphatic rings. The van der Waals surface area contributed by atoms with Gasteiger partial charge >= 0.3 is 0 Å². The van der Waals surface area contributed by atoms with Gasteiger partial charge in [0, 0.05) is 23.2 Å². The van der Waals surface area contributed by atoms with Crippen LogP contribution in [0.5, 0.6) is 0 Å². The maximum atomic E-state index is 11.9. The number of hydrogen-bond acceptors (Lipinski definition) is 2. The molecule has 1 aromatic carbocycles. The van der Waals surface area contributed by atoms with Gasteiger partial charge in [-0.2, -0.15) is 0 Å². The van der Waals surface area contributed by atoms with Crippen molar-refractivity contribution in [3.05, 3.63) is 28.8 Å². The van der Waals surface area contributed by atoms with Crippen molar-refractivity contribution >= 4 is 23.2 Å². The second-order valence-electron chi connectivity index (χ2n) is 4.11. The Bertz CT molecular complexity index is 393. The number of anilines is 1. The molecule has 0 bridgehead atoms. The Labute approximate surface area is 108 Å². The van der Waals surface area contributed by atoms with Gasteiger partial charge in [-0.25, -0.2) is 0 Å². The summed E-state index contributed by atoms with van der Waals surface area (Å²) in [6, 6.07) is 5.51. The molecule has 94 valence electrons. The fourth-order valence-electron chi connectivity index (χ4n) is 1.45. The van der Waals surface area contributed by atoms with Crippen LogP contribution in [0.1, 0.15) is 19.4 Å². The Morgan fingerprint density at radius 1 is 1.47 bits per heavy atom. The molecule has 0 aromatic heterocycles. The largest absolute Gasteiger partial charge is 0.326 e. The van der Waals surface area contributed by atoms with Crippen molar-refractivity contribution in [3.63, 3.8) is 0 Å². The predicted molar refractivity (Wildman–Crippen MR) is 72.5 cm³/mol. The zero-order chi connectivity index (χ0) is 12.8. The molecule has 1 amide bonds. The van der Waals surface area contributed by atoms with Crippen LogP contribution in [0.2, 0.25) is 5.02 Å². The summed E-state index contributed by atoms with van der Waals surface area (Å²) in [6.45, 7) is 7.37. The van der Waals surface area contributed by atoms with Gasteiger partial charge in [0.15, 0.2) is 0 Å². The van der Waals surface area contributed by atoms with Gasteiger partial charge in [0.05, 0.1) is 0 Å². The lowest BCUT2D eigenvalue weighted by Crippen LogP contribution is -2.30. The summed E-state index contributed by atoms with van der Waals surface area (Å²) in [7, 11) is 0. The van der Waals surface area contributed by atoms with Crippen molar-refractivity contribution in [1.29, 1.82) is 0 Å². The first-order chi connectivity index (χ1) is 8.06. The summed E-state index contributed by atoms with van der Waals surface area (Å²) >= 11 is 6.00. The van der Waals surface area contributed by atoms with Crippen molar-refractivity contribution < 1.29 is 4.79 Å². The van der Waals surface area contributed by atoms with Gasteiger partial charge in [-0.05, 0) is 31.2 Å². The molecule has 1 atom stereocenters. The summed E-state index contributed by atoms with van der Waals surface area (Å²) in [5.41, 5.74) is 1.68. The van der Waals surface area contributed by atoms with Gasteiger partial charge in [-0.15, -0.1) is 0 Å². The quantitative estimate of drug-likeness (QED) is 0.848. The minimum Gasteiger partial charge on any atom is -0.326 e. The van der Waals surface area contributed by atoms with E-state index in [-0.39, 0.29) is 11.8 Å². The van der Waals surface area contributed by atoms with Crippen LogP contribution in [0.15, 0.2) is 18.2 Å². The van der Waals surface area contributed by atoms with E-state index in [0.29, 0.717) is 11.6 Å². The lowest BCUT2D eigenvalue weighted by molar-refractivity contribution is -0.119. The molecule has 1 rings (SSSR count). The first kappa shape index (κ1) is 14.0. The number of benzene rings is 1. The summed E-state index contributed by atoms with van der Waals surface area (Å²) in [4.78, 5) is 11.9. The van der Waals surface area contributed by atoms with E-state index in [1.165, 1.54) is 0 Å². The summed E-state index contributed by atoms with van der Waals surface area (Å²) in [5.74, 6) is -0.0513. The molecule has 17 heavy (non-hydrogen) atoms. The van der Waals surface area contributed by atoms with Gasteiger partial charge in [-0.3, -0.25) is 4.79 Å². The van der Waals surface area contributed by atoms with Crippen molar-refractivity contribution in [1.82, 2.24) is 5.32 Å². The van der Waals surface area contributed by atoms with Crippen LogP contribution < -0.4 is 10.6 Å². The Kier molecular flexibility index (Phi) is 5.45. The van der Waals surface area contributed by atoms with Gasteiger partial charge < -0.3 is 10.6 Å². The van der Waals surface area contributed by atoms with Crippen molar-refractivity contribution in [2.45, 2.75) is 20.8 Å². The molecule has 0 aliphatic heterocycles. The minimum atomic E-state index is -0.0617. The smallest absolute Gasteiger partial charge is 0.228 e.